The van der Waals surface area contributed by atoms with Gasteiger partial charge in [0.1, 0.15) is 0 Å². The van der Waals surface area contributed by atoms with E-state index in [0.29, 0.717) is 0 Å². The molecule has 0 radical (unpaired) electrons. The minimum Gasteiger partial charge on any atom is -0.0851 e. The maximum absolute atomic E-state index is 2.60. The van der Waals surface area contributed by atoms with Crippen molar-refractivity contribution in [3.63, 3.8) is 0 Å². The highest BCUT2D eigenvalue weighted by Gasteiger charge is 2.24. The van der Waals surface area contributed by atoms with Gasteiger partial charge in [-0.15, -0.1) is 0 Å². The summed E-state index contributed by atoms with van der Waals surface area (Å²) in [6.45, 7) is 0. The van der Waals surface area contributed by atoms with Gasteiger partial charge >= 0.3 is 0 Å². The maximum Gasteiger partial charge on any atom is -0.0318 e. The molecule has 0 heterocycles. The molecule has 0 spiro atoms. The highest BCUT2D eigenvalue weighted by molar-refractivity contribution is 5.07. The second-order valence-corrected chi connectivity index (χ2v) is 6.51. The fourth-order valence-electron chi connectivity index (χ4n) is 4.10. The summed E-state index contributed by atoms with van der Waals surface area (Å²) in [7, 11) is 0. The van der Waals surface area contributed by atoms with Gasteiger partial charge in [0.2, 0.25) is 0 Å². The molecule has 3 fully saturated rings. The molecule has 0 amide bonds. The van der Waals surface area contributed by atoms with Crippen LogP contribution in [0.3, 0.4) is 0 Å². The van der Waals surface area contributed by atoms with E-state index in [9.17, 15) is 0 Å². The summed E-state index contributed by atoms with van der Waals surface area (Å²) in [6.07, 6.45) is 19.1. The second-order valence-electron chi connectivity index (χ2n) is 6.51. The number of rotatable bonds is 0. The van der Waals surface area contributed by atoms with Crippen LogP contribution < -0.4 is 0 Å². The molecule has 90 valence electrons. The van der Waals surface area contributed by atoms with Gasteiger partial charge in [-0.25, -0.2) is 0 Å². The van der Waals surface area contributed by atoms with Gasteiger partial charge in [-0.1, -0.05) is 43.8 Å². The quantitative estimate of drug-likeness (QED) is 0.497. The van der Waals surface area contributed by atoms with Crippen molar-refractivity contribution >= 4 is 0 Å². The lowest BCUT2D eigenvalue weighted by Crippen LogP contribution is -2.18. The molecule has 6 aliphatic rings. The number of hydrogen-bond donors (Lipinski definition) is 0. The summed E-state index contributed by atoms with van der Waals surface area (Å²) in [4.78, 5) is 0. The molecule has 0 aromatic carbocycles. The Morgan fingerprint density at radius 3 is 1.75 bits per heavy atom. The van der Waals surface area contributed by atoms with Gasteiger partial charge in [-0.2, -0.15) is 0 Å². The van der Waals surface area contributed by atoms with Crippen molar-refractivity contribution in [2.24, 2.45) is 17.8 Å². The lowest BCUT2D eigenvalue weighted by atomic mass is 9.74. The predicted octanol–water partition coefficient (Wildman–Crippen LogP) is 5.09. The third kappa shape index (κ3) is 2.52. The first-order valence-electron chi connectivity index (χ1n) is 7.58. The first kappa shape index (κ1) is 10.9. The Hall–Kier alpha value is -0.260. The molecule has 0 aliphatic heterocycles. The Labute approximate surface area is 101 Å². The second kappa shape index (κ2) is 4.94. The monoisotopic (exact) mass is 218 g/mol. The average Bonchev–Trinajstić information content (AvgIpc) is 2.33. The van der Waals surface area contributed by atoms with Crippen molar-refractivity contribution in [1.82, 2.24) is 0 Å². The zero-order valence-electron chi connectivity index (χ0n) is 10.6. The Kier molecular flexibility index (Phi) is 3.35. The van der Waals surface area contributed by atoms with Crippen LogP contribution in [0.25, 0.3) is 0 Å². The van der Waals surface area contributed by atoms with Crippen LogP contribution in [0.5, 0.6) is 0 Å². The summed E-state index contributed by atoms with van der Waals surface area (Å²) in [5.74, 6) is 3.22. The minimum absolute atomic E-state index is 1.04. The van der Waals surface area contributed by atoms with E-state index in [1.807, 2.05) is 0 Å². The van der Waals surface area contributed by atoms with Crippen LogP contribution in [0.4, 0.5) is 0 Å². The van der Waals surface area contributed by atoms with Crippen molar-refractivity contribution in [2.45, 2.75) is 70.6 Å². The predicted molar refractivity (Wildman–Crippen MR) is 69.3 cm³/mol. The van der Waals surface area contributed by atoms with E-state index in [-0.39, 0.29) is 0 Å². The number of hydrogen-bond acceptors (Lipinski definition) is 0. The van der Waals surface area contributed by atoms with Gasteiger partial charge in [-0.3, -0.25) is 0 Å². The molecule has 4 bridgehead atoms. The highest BCUT2D eigenvalue weighted by Crippen LogP contribution is 2.39. The van der Waals surface area contributed by atoms with Crippen molar-refractivity contribution in [2.75, 3.05) is 0 Å². The van der Waals surface area contributed by atoms with Crippen molar-refractivity contribution < 1.29 is 0 Å². The molecular weight excluding hydrogens is 192 g/mol. The standard InChI is InChI=1S/C16H26/c1-2-14-4-3-13(1)9-10-15-5-7-16(8-6-15)12-11-14/h1,14-16H,2-12H2. The molecule has 1 unspecified atom stereocenters. The molecule has 6 rings (SSSR count). The molecule has 6 aliphatic carbocycles. The van der Waals surface area contributed by atoms with Crippen LogP contribution in [-0.2, 0) is 0 Å². The van der Waals surface area contributed by atoms with Crippen LogP contribution in [0.2, 0.25) is 0 Å². The molecule has 1 atom stereocenters. The van der Waals surface area contributed by atoms with Crippen molar-refractivity contribution in [3.05, 3.63) is 11.6 Å². The molecule has 0 aromatic rings. The van der Waals surface area contributed by atoms with Gasteiger partial charge in [0.25, 0.3) is 0 Å². The van der Waals surface area contributed by atoms with Crippen molar-refractivity contribution in [1.29, 1.82) is 0 Å². The fraction of sp³-hybridized carbons (Fsp3) is 0.875. The maximum atomic E-state index is 2.60. The number of allylic oxidation sites excluding steroid dienone is 2. The topological polar surface area (TPSA) is 0 Å². The van der Waals surface area contributed by atoms with Crippen LogP contribution in [-0.4, -0.2) is 0 Å². The molecule has 16 heavy (non-hydrogen) atoms. The zero-order valence-corrected chi connectivity index (χ0v) is 10.6. The third-order valence-electron chi connectivity index (χ3n) is 5.44. The fourth-order valence-corrected chi connectivity index (χ4v) is 4.10. The van der Waals surface area contributed by atoms with Gasteiger partial charge in [0.15, 0.2) is 0 Å². The van der Waals surface area contributed by atoms with E-state index in [1.54, 1.807) is 37.7 Å². The molecular formula is C16H26. The smallest absolute Gasteiger partial charge is 0.0318 e. The summed E-state index contributed by atoms with van der Waals surface area (Å²) in [6, 6.07) is 0. The molecule has 0 aromatic heterocycles. The van der Waals surface area contributed by atoms with E-state index in [2.05, 4.69) is 6.08 Å². The molecule has 3 saturated carbocycles. The zero-order chi connectivity index (χ0) is 10.8. The van der Waals surface area contributed by atoms with E-state index in [1.165, 1.54) is 38.5 Å². The lowest BCUT2D eigenvalue weighted by Gasteiger charge is -2.32. The van der Waals surface area contributed by atoms with E-state index < -0.39 is 0 Å². The highest BCUT2D eigenvalue weighted by atomic mass is 14.3. The van der Waals surface area contributed by atoms with Crippen molar-refractivity contribution in [3.8, 4) is 0 Å². The van der Waals surface area contributed by atoms with Gasteiger partial charge in [0, 0.05) is 0 Å². The van der Waals surface area contributed by atoms with E-state index >= 15 is 0 Å². The largest absolute Gasteiger partial charge is 0.0851 e. The molecule has 0 N–H and O–H groups in total. The van der Waals surface area contributed by atoms with Gasteiger partial charge in [-0.05, 0) is 56.3 Å². The van der Waals surface area contributed by atoms with E-state index in [0.717, 1.165) is 17.8 Å². The normalized spacial score (nSPS) is 40.0. The Balaban J connectivity index is 1.69. The van der Waals surface area contributed by atoms with Crippen LogP contribution in [0.1, 0.15) is 70.6 Å². The first-order chi connectivity index (χ1) is 7.90. The van der Waals surface area contributed by atoms with Crippen LogP contribution >= 0.6 is 0 Å². The summed E-state index contributed by atoms with van der Waals surface area (Å²) in [5, 5.41) is 0. The lowest BCUT2D eigenvalue weighted by molar-refractivity contribution is 0.231. The third-order valence-corrected chi connectivity index (χ3v) is 5.44. The minimum atomic E-state index is 1.04. The van der Waals surface area contributed by atoms with Gasteiger partial charge < -0.3 is 0 Å². The van der Waals surface area contributed by atoms with Crippen LogP contribution in [0, 0.1) is 17.8 Å². The average molecular weight is 218 g/mol. The summed E-state index contributed by atoms with van der Waals surface area (Å²) in [5.41, 5.74) is 1.80. The Morgan fingerprint density at radius 1 is 0.625 bits per heavy atom. The molecule has 0 heteroatoms. The Bertz CT molecular complexity index is 255. The van der Waals surface area contributed by atoms with Crippen LogP contribution in [0.15, 0.2) is 11.6 Å². The van der Waals surface area contributed by atoms with Gasteiger partial charge in [0.05, 0.1) is 0 Å². The summed E-state index contributed by atoms with van der Waals surface area (Å²) >= 11 is 0. The summed E-state index contributed by atoms with van der Waals surface area (Å²) < 4.78 is 0. The first-order valence-corrected chi connectivity index (χ1v) is 7.58. The molecule has 0 saturated heterocycles. The molecule has 0 nitrogen and oxygen atoms in total. The van der Waals surface area contributed by atoms with E-state index in [4.69, 9.17) is 0 Å². The Morgan fingerprint density at radius 2 is 1.12 bits per heavy atom. The SMILES string of the molecule is C1=C2CCC(C1)CCC1CCC(CC2)CC1.